The van der Waals surface area contributed by atoms with Crippen LogP contribution in [0.15, 0.2) is 30.6 Å². The Hall–Kier alpha value is -1.95. The molecule has 3 heteroatoms. The molecule has 0 amide bonds. The zero-order valence-electron chi connectivity index (χ0n) is 12.9. The normalized spacial score (nSPS) is 22.6. The van der Waals surface area contributed by atoms with E-state index < -0.39 is 0 Å². The van der Waals surface area contributed by atoms with Gasteiger partial charge >= 0.3 is 0 Å². The lowest BCUT2D eigenvalue weighted by molar-refractivity contribution is 0.187. The molecule has 2 aliphatic rings. The van der Waals surface area contributed by atoms with Gasteiger partial charge in [-0.15, -0.1) is 0 Å². The number of benzene rings is 1. The fourth-order valence-electron chi connectivity index (χ4n) is 3.64. The zero-order chi connectivity index (χ0) is 14.8. The lowest BCUT2D eigenvalue weighted by Gasteiger charge is -2.38. The highest BCUT2D eigenvalue weighted by atomic mass is 15.4. The lowest BCUT2D eigenvalue weighted by Crippen LogP contribution is -2.42. The molecule has 0 radical (unpaired) electrons. The van der Waals surface area contributed by atoms with Crippen LogP contribution < -0.4 is 4.90 Å². The Morgan fingerprint density at radius 2 is 1.90 bits per heavy atom. The molecule has 1 aromatic rings. The fourth-order valence-corrected chi connectivity index (χ4v) is 3.64. The van der Waals surface area contributed by atoms with E-state index in [1.165, 1.54) is 37.8 Å². The molecule has 0 aromatic heterocycles. The standard InChI is InChI=1S/C18H23N3/c1-14-12-16(13-19)8-9-18(14)21-11-10-20(15(21)2)17-6-4-3-5-7-17/h8-12,15,17H,3-7H2,1-2H3/t15-/m1/s1. The van der Waals surface area contributed by atoms with Gasteiger partial charge in [0, 0.05) is 24.1 Å². The summed E-state index contributed by atoms with van der Waals surface area (Å²) in [7, 11) is 0. The van der Waals surface area contributed by atoms with Gasteiger partial charge in [0.05, 0.1) is 11.6 Å². The van der Waals surface area contributed by atoms with Crippen molar-refractivity contribution in [3.63, 3.8) is 0 Å². The number of anilines is 1. The third kappa shape index (κ3) is 2.63. The summed E-state index contributed by atoms with van der Waals surface area (Å²) in [5, 5.41) is 9.00. The van der Waals surface area contributed by atoms with Crippen molar-refractivity contribution in [2.45, 2.75) is 58.2 Å². The first kappa shape index (κ1) is 14.0. The summed E-state index contributed by atoms with van der Waals surface area (Å²) in [5.74, 6) is 0. The molecule has 3 rings (SSSR count). The van der Waals surface area contributed by atoms with E-state index in [0.717, 1.165) is 11.1 Å². The van der Waals surface area contributed by atoms with E-state index in [9.17, 15) is 0 Å². The molecular weight excluding hydrogens is 258 g/mol. The van der Waals surface area contributed by atoms with E-state index in [1.807, 2.05) is 12.1 Å². The number of hydrogen-bond acceptors (Lipinski definition) is 3. The molecule has 0 spiro atoms. The molecule has 110 valence electrons. The van der Waals surface area contributed by atoms with E-state index in [2.05, 4.69) is 48.2 Å². The predicted octanol–water partition coefficient (Wildman–Crippen LogP) is 4.14. The van der Waals surface area contributed by atoms with Crippen LogP contribution in [0.3, 0.4) is 0 Å². The molecule has 1 fully saturated rings. The minimum Gasteiger partial charge on any atom is -0.353 e. The molecule has 0 bridgehead atoms. The smallest absolute Gasteiger partial charge is 0.103 e. The Labute approximate surface area is 127 Å². The minimum atomic E-state index is 0.361. The Morgan fingerprint density at radius 1 is 1.14 bits per heavy atom. The molecule has 21 heavy (non-hydrogen) atoms. The summed E-state index contributed by atoms with van der Waals surface area (Å²) >= 11 is 0. The lowest BCUT2D eigenvalue weighted by atomic mass is 9.94. The number of hydrogen-bond donors (Lipinski definition) is 0. The maximum Gasteiger partial charge on any atom is 0.103 e. The molecule has 0 unspecified atom stereocenters. The van der Waals surface area contributed by atoms with Crippen molar-refractivity contribution in [3.8, 4) is 6.07 Å². The quantitative estimate of drug-likeness (QED) is 0.816. The maximum absolute atomic E-state index is 9.00. The van der Waals surface area contributed by atoms with Crippen LogP contribution in [0.2, 0.25) is 0 Å². The van der Waals surface area contributed by atoms with Crippen molar-refractivity contribution in [2.24, 2.45) is 0 Å². The highest BCUT2D eigenvalue weighted by molar-refractivity contribution is 5.59. The van der Waals surface area contributed by atoms with Crippen LogP contribution in [0.4, 0.5) is 5.69 Å². The molecule has 1 aliphatic carbocycles. The van der Waals surface area contributed by atoms with E-state index in [4.69, 9.17) is 5.26 Å². The van der Waals surface area contributed by atoms with Crippen LogP contribution in [0, 0.1) is 18.3 Å². The summed E-state index contributed by atoms with van der Waals surface area (Å²) in [5.41, 5.74) is 3.10. The summed E-state index contributed by atoms with van der Waals surface area (Å²) in [6.07, 6.45) is 11.5. The van der Waals surface area contributed by atoms with Crippen molar-refractivity contribution < 1.29 is 0 Å². The number of nitrogens with zero attached hydrogens (tertiary/aromatic N) is 3. The van der Waals surface area contributed by atoms with Crippen LogP contribution in [0.5, 0.6) is 0 Å². The molecule has 1 saturated carbocycles. The predicted molar refractivity (Wildman–Crippen MR) is 85.7 cm³/mol. The highest BCUT2D eigenvalue weighted by Crippen LogP contribution is 2.32. The second-order valence-electron chi connectivity index (χ2n) is 6.19. The summed E-state index contributed by atoms with van der Waals surface area (Å²) < 4.78 is 0. The third-order valence-corrected chi connectivity index (χ3v) is 4.83. The zero-order valence-corrected chi connectivity index (χ0v) is 12.9. The largest absolute Gasteiger partial charge is 0.353 e. The molecular formula is C18H23N3. The van der Waals surface area contributed by atoms with Crippen molar-refractivity contribution >= 4 is 5.69 Å². The molecule has 1 heterocycles. The van der Waals surface area contributed by atoms with Crippen LogP contribution in [0.1, 0.15) is 50.2 Å². The molecule has 0 N–H and O–H groups in total. The van der Waals surface area contributed by atoms with Crippen LogP contribution in [0.25, 0.3) is 0 Å². The van der Waals surface area contributed by atoms with E-state index in [-0.39, 0.29) is 0 Å². The van der Waals surface area contributed by atoms with Gasteiger partial charge in [-0.05, 0) is 50.5 Å². The number of aryl methyl sites for hydroxylation is 1. The molecule has 1 aliphatic heterocycles. The van der Waals surface area contributed by atoms with Gasteiger partial charge in [-0.1, -0.05) is 19.3 Å². The molecule has 0 saturated heterocycles. The van der Waals surface area contributed by atoms with Crippen molar-refractivity contribution in [1.82, 2.24) is 4.90 Å². The van der Waals surface area contributed by atoms with Gasteiger partial charge in [-0.2, -0.15) is 5.26 Å². The van der Waals surface area contributed by atoms with Crippen LogP contribution in [-0.2, 0) is 0 Å². The average molecular weight is 281 g/mol. The minimum absolute atomic E-state index is 0.361. The van der Waals surface area contributed by atoms with Gasteiger partial charge in [0.2, 0.25) is 0 Å². The average Bonchev–Trinajstić information content (AvgIpc) is 2.89. The van der Waals surface area contributed by atoms with Gasteiger partial charge in [0.25, 0.3) is 0 Å². The third-order valence-electron chi connectivity index (χ3n) is 4.83. The first-order chi connectivity index (χ1) is 10.2. The molecule has 3 nitrogen and oxygen atoms in total. The van der Waals surface area contributed by atoms with Crippen molar-refractivity contribution in [1.29, 1.82) is 5.26 Å². The Balaban J connectivity index is 1.79. The first-order valence-corrected chi connectivity index (χ1v) is 7.95. The summed E-state index contributed by atoms with van der Waals surface area (Å²) in [6.45, 7) is 4.35. The summed E-state index contributed by atoms with van der Waals surface area (Å²) in [4.78, 5) is 4.84. The number of nitriles is 1. The SMILES string of the molecule is Cc1cc(C#N)ccc1N1C=CN(C2CCCCC2)[C@H]1C. The molecule has 1 aromatic carbocycles. The van der Waals surface area contributed by atoms with Gasteiger partial charge < -0.3 is 9.80 Å². The topological polar surface area (TPSA) is 30.3 Å². The maximum atomic E-state index is 9.00. The summed E-state index contributed by atoms with van der Waals surface area (Å²) in [6, 6.07) is 8.85. The van der Waals surface area contributed by atoms with Gasteiger partial charge in [0.1, 0.15) is 6.17 Å². The second kappa shape index (κ2) is 5.81. The fraction of sp³-hybridized carbons (Fsp3) is 0.500. The van der Waals surface area contributed by atoms with E-state index >= 15 is 0 Å². The first-order valence-electron chi connectivity index (χ1n) is 7.95. The number of rotatable bonds is 2. The monoisotopic (exact) mass is 281 g/mol. The Morgan fingerprint density at radius 3 is 2.57 bits per heavy atom. The second-order valence-corrected chi connectivity index (χ2v) is 6.19. The van der Waals surface area contributed by atoms with Crippen LogP contribution >= 0.6 is 0 Å². The van der Waals surface area contributed by atoms with Gasteiger partial charge in [0.15, 0.2) is 0 Å². The van der Waals surface area contributed by atoms with E-state index in [1.54, 1.807) is 0 Å². The van der Waals surface area contributed by atoms with E-state index in [0.29, 0.717) is 12.2 Å². The van der Waals surface area contributed by atoms with Crippen LogP contribution in [-0.4, -0.2) is 17.1 Å². The van der Waals surface area contributed by atoms with Crippen molar-refractivity contribution in [2.75, 3.05) is 4.90 Å². The van der Waals surface area contributed by atoms with Crippen molar-refractivity contribution in [3.05, 3.63) is 41.7 Å². The highest BCUT2D eigenvalue weighted by Gasteiger charge is 2.30. The van der Waals surface area contributed by atoms with Gasteiger partial charge in [-0.3, -0.25) is 0 Å². The Bertz CT molecular complexity index is 579. The Kier molecular flexibility index (Phi) is 3.88. The van der Waals surface area contributed by atoms with Gasteiger partial charge in [-0.25, -0.2) is 0 Å². The molecule has 1 atom stereocenters.